The van der Waals surface area contributed by atoms with Crippen molar-refractivity contribution in [2.24, 2.45) is 0 Å². The molecule has 0 bridgehead atoms. The summed E-state index contributed by atoms with van der Waals surface area (Å²) in [7, 11) is 0. The van der Waals surface area contributed by atoms with Crippen LogP contribution in [0, 0.1) is 0 Å². The van der Waals surface area contributed by atoms with Crippen molar-refractivity contribution in [2.45, 2.75) is 6.54 Å². The fraction of sp³-hybridized carbons (Fsp3) is 0.0400. The fourth-order valence-electron chi connectivity index (χ4n) is 3.69. The van der Waals surface area contributed by atoms with Gasteiger partial charge >= 0.3 is 11.7 Å². The van der Waals surface area contributed by atoms with Gasteiger partial charge in [-0.05, 0) is 42.5 Å². The minimum absolute atomic E-state index is 0.209. The number of urea groups is 1. The molecule has 0 saturated carbocycles. The summed E-state index contributed by atoms with van der Waals surface area (Å²) >= 11 is 0. The van der Waals surface area contributed by atoms with Crippen LogP contribution in [0.25, 0.3) is 22.4 Å². The SMILES string of the molecule is O=C(NCc1ccccn1)Nc1cc(-n2c(=O)n(-c3ccccc3)c3ccccc32)ccn1. The van der Waals surface area contributed by atoms with Gasteiger partial charge in [-0.3, -0.25) is 19.4 Å². The molecule has 0 saturated heterocycles. The molecule has 0 aliphatic carbocycles. The predicted octanol–water partition coefficient (Wildman–Crippen LogP) is 3.89. The van der Waals surface area contributed by atoms with E-state index in [4.69, 9.17) is 0 Å². The van der Waals surface area contributed by atoms with Gasteiger partial charge in [0.25, 0.3) is 0 Å². The Morgan fingerprint density at radius 2 is 1.45 bits per heavy atom. The molecular weight excluding hydrogens is 416 g/mol. The lowest BCUT2D eigenvalue weighted by molar-refractivity contribution is 0.251. The quantitative estimate of drug-likeness (QED) is 0.437. The maximum atomic E-state index is 13.5. The third-order valence-corrected chi connectivity index (χ3v) is 5.16. The number of hydrogen-bond donors (Lipinski definition) is 2. The summed E-state index contributed by atoms with van der Waals surface area (Å²) in [4.78, 5) is 34.2. The number of para-hydroxylation sites is 3. The first kappa shape index (κ1) is 20.2. The maximum Gasteiger partial charge on any atom is 0.338 e. The van der Waals surface area contributed by atoms with Crippen molar-refractivity contribution in [2.75, 3.05) is 5.32 Å². The molecule has 0 fully saturated rings. The molecule has 8 heteroatoms. The van der Waals surface area contributed by atoms with Gasteiger partial charge in [-0.15, -0.1) is 0 Å². The van der Waals surface area contributed by atoms with Crippen molar-refractivity contribution in [3.8, 4) is 11.4 Å². The number of fused-ring (bicyclic) bond motifs is 1. The number of benzene rings is 2. The van der Waals surface area contributed by atoms with Gasteiger partial charge < -0.3 is 5.32 Å². The van der Waals surface area contributed by atoms with E-state index in [1.54, 1.807) is 33.7 Å². The third kappa shape index (κ3) is 4.09. The number of aromatic nitrogens is 4. The van der Waals surface area contributed by atoms with E-state index in [1.165, 1.54) is 0 Å². The number of nitrogens with one attached hydrogen (secondary N) is 2. The minimum atomic E-state index is -0.413. The Morgan fingerprint density at radius 3 is 2.18 bits per heavy atom. The number of nitrogens with zero attached hydrogens (tertiary/aromatic N) is 4. The average molecular weight is 436 g/mol. The maximum absolute atomic E-state index is 13.5. The molecular formula is C25H20N6O2. The molecule has 8 nitrogen and oxygen atoms in total. The van der Waals surface area contributed by atoms with Crippen molar-refractivity contribution in [1.29, 1.82) is 0 Å². The molecule has 5 aromatic rings. The van der Waals surface area contributed by atoms with Gasteiger partial charge in [-0.25, -0.2) is 14.6 Å². The van der Waals surface area contributed by atoms with Gasteiger partial charge in [-0.2, -0.15) is 0 Å². The summed E-state index contributed by atoms with van der Waals surface area (Å²) in [5.74, 6) is 0.328. The zero-order chi connectivity index (χ0) is 22.6. The van der Waals surface area contributed by atoms with E-state index in [0.29, 0.717) is 11.5 Å². The number of imidazole rings is 1. The third-order valence-electron chi connectivity index (χ3n) is 5.16. The zero-order valence-electron chi connectivity index (χ0n) is 17.6. The topological polar surface area (TPSA) is 93.8 Å². The molecule has 2 amide bonds. The number of amides is 2. The van der Waals surface area contributed by atoms with Crippen LogP contribution in [0.5, 0.6) is 0 Å². The van der Waals surface area contributed by atoms with Gasteiger partial charge in [-0.1, -0.05) is 36.4 Å². The van der Waals surface area contributed by atoms with Crippen LogP contribution in [0.1, 0.15) is 5.69 Å². The smallest absolute Gasteiger partial charge is 0.332 e. The molecule has 2 N–H and O–H groups in total. The van der Waals surface area contributed by atoms with E-state index in [2.05, 4.69) is 20.6 Å². The Kier molecular flexibility index (Phi) is 5.38. The molecule has 5 rings (SSSR count). The second-order valence-electron chi connectivity index (χ2n) is 7.31. The first-order chi connectivity index (χ1) is 16.2. The van der Waals surface area contributed by atoms with E-state index in [1.807, 2.05) is 72.8 Å². The van der Waals surface area contributed by atoms with E-state index in [9.17, 15) is 9.59 Å². The van der Waals surface area contributed by atoms with Gasteiger partial charge in [0.1, 0.15) is 5.82 Å². The van der Waals surface area contributed by atoms with Crippen LogP contribution in [0.2, 0.25) is 0 Å². The fourth-order valence-corrected chi connectivity index (χ4v) is 3.69. The van der Waals surface area contributed by atoms with Crippen molar-refractivity contribution in [3.05, 3.63) is 114 Å². The summed E-state index contributed by atoms with van der Waals surface area (Å²) in [6.45, 7) is 0.288. The number of carbonyl (C=O) groups is 1. The summed E-state index contributed by atoms with van der Waals surface area (Å²) in [5, 5.41) is 5.47. The Morgan fingerprint density at radius 1 is 0.758 bits per heavy atom. The standard InChI is InChI=1S/C25H20N6O2/c32-24(28-17-18-8-6-7-14-26-18)29-23-16-20(13-15-27-23)31-22-12-5-4-11-21(22)30(25(31)33)19-9-2-1-3-10-19/h1-16H,17H2,(H2,27,28,29,32). The predicted molar refractivity (Wildman–Crippen MR) is 127 cm³/mol. The largest absolute Gasteiger partial charge is 0.338 e. The van der Waals surface area contributed by atoms with Crippen LogP contribution in [-0.2, 0) is 6.54 Å². The summed E-state index contributed by atoms with van der Waals surface area (Å²) < 4.78 is 3.28. The number of pyridine rings is 2. The van der Waals surface area contributed by atoms with E-state index < -0.39 is 6.03 Å². The van der Waals surface area contributed by atoms with Crippen molar-refractivity contribution >= 4 is 22.9 Å². The molecule has 162 valence electrons. The monoisotopic (exact) mass is 436 g/mol. The van der Waals surface area contributed by atoms with Crippen LogP contribution in [0.3, 0.4) is 0 Å². The van der Waals surface area contributed by atoms with Gasteiger partial charge in [0, 0.05) is 18.5 Å². The Hall–Kier alpha value is -4.72. The van der Waals surface area contributed by atoms with Gasteiger partial charge in [0.2, 0.25) is 0 Å². The highest BCUT2D eigenvalue weighted by Crippen LogP contribution is 2.21. The lowest BCUT2D eigenvalue weighted by Crippen LogP contribution is -2.29. The highest BCUT2D eigenvalue weighted by Gasteiger charge is 2.16. The lowest BCUT2D eigenvalue weighted by Gasteiger charge is -2.09. The Bertz CT molecular complexity index is 1480. The Labute approximate surface area is 189 Å². The molecule has 0 atom stereocenters. The second kappa shape index (κ2) is 8.80. The molecule has 0 unspecified atom stereocenters. The van der Waals surface area contributed by atoms with Gasteiger partial charge in [0.15, 0.2) is 0 Å². The molecule has 33 heavy (non-hydrogen) atoms. The molecule has 0 spiro atoms. The van der Waals surface area contributed by atoms with Crippen molar-refractivity contribution in [3.63, 3.8) is 0 Å². The number of hydrogen-bond acceptors (Lipinski definition) is 4. The molecule has 0 aliphatic heterocycles. The Balaban J connectivity index is 1.47. The van der Waals surface area contributed by atoms with Crippen molar-refractivity contribution < 1.29 is 4.79 Å². The minimum Gasteiger partial charge on any atom is -0.332 e. The molecule has 2 aromatic carbocycles. The van der Waals surface area contributed by atoms with Crippen LogP contribution < -0.4 is 16.3 Å². The van der Waals surface area contributed by atoms with Crippen LogP contribution in [-0.4, -0.2) is 25.1 Å². The zero-order valence-corrected chi connectivity index (χ0v) is 17.6. The second-order valence-corrected chi connectivity index (χ2v) is 7.31. The summed E-state index contributed by atoms with van der Waals surface area (Å²) in [6, 6.07) is 25.6. The molecule has 0 aliphatic rings. The van der Waals surface area contributed by atoms with Crippen LogP contribution in [0.15, 0.2) is 102 Å². The average Bonchev–Trinajstić information content (AvgIpc) is 3.16. The normalized spacial score (nSPS) is 10.8. The van der Waals surface area contributed by atoms with Crippen LogP contribution in [0.4, 0.5) is 10.6 Å². The number of rotatable bonds is 5. The first-order valence-electron chi connectivity index (χ1n) is 10.4. The number of anilines is 1. The highest BCUT2D eigenvalue weighted by molar-refractivity contribution is 5.88. The highest BCUT2D eigenvalue weighted by atomic mass is 16.2. The van der Waals surface area contributed by atoms with Gasteiger partial charge in [0.05, 0.1) is 34.6 Å². The van der Waals surface area contributed by atoms with E-state index >= 15 is 0 Å². The number of carbonyl (C=O) groups excluding carboxylic acids is 1. The van der Waals surface area contributed by atoms with Crippen molar-refractivity contribution in [1.82, 2.24) is 24.4 Å². The molecule has 3 aromatic heterocycles. The first-order valence-corrected chi connectivity index (χ1v) is 10.4. The van der Waals surface area contributed by atoms with E-state index in [0.717, 1.165) is 22.4 Å². The van der Waals surface area contributed by atoms with Crippen LogP contribution >= 0.6 is 0 Å². The molecule has 3 heterocycles. The molecule has 0 radical (unpaired) electrons. The summed E-state index contributed by atoms with van der Waals surface area (Å²) in [6.07, 6.45) is 3.23. The lowest BCUT2D eigenvalue weighted by atomic mass is 10.2. The van der Waals surface area contributed by atoms with E-state index in [-0.39, 0.29) is 12.2 Å². The summed E-state index contributed by atoms with van der Waals surface area (Å²) in [5.41, 5.74) is 3.45.